The van der Waals surface area contributed by atoms with Crippen LogP contribution in [0.25, 0.3) is 0 Å². The molecule has 0 spiro atoms. The fraction of sp³-hybridized carbons (Fsp3) is 0.786. The number of aryl methyl sites for hydroxylation is 1. The molecule has 3 heteroatoms. The van der Waals surface area contributed by atoms with Crippen LogP contribution >= 0.6 is 0 Å². The van der Waals surface area contributed by atoms with Gasteiger partial charge in [0.2, 0.25) is 0 Å². The summed E-state index contributed by atoms with van der Waals surface area (Å²) in [4.78, 5) is 0. The normalized spacial score (nSPS) is 21.7. The molecule has 3 nitrogen and oxygen atoms in total. The predicted octanol–water partition coefficient (Wildman–Crippen LogP) is 3.22. The van der Waals surface area contributed by atoms with E-state index >= 15 is 0 Å². The second-order valence-electron chi connectivity index (χ2n) is 5.55. The van der Waals surface area contributed by atoms with Gasteiger partial charge < -0.3 is 5.32 Å². The minimum Gasteiger partial charge on any atom is -0.370 e. The van der Waals surface area contributed by atoms with Crippen LogP contribution < -0.4 is 5.32 Å². The minimum absolute atomic E-state index is 0.735. The Balaban J connectivity index is 1.93. The van der Waals surface area contributed by atoms with Crippen LogP contribution in [0.3, 0.4) is 0 Å². The molecule has 1 aromatic heterocycles. The van der Waals surface area contributed by atoms with Crippen LogP contribution in [0.15, 0.2) is 0 Å². The number of hydrogen-bond acceptors (Lipinski definition) is 2. The Bertz CT molecular complexity index is 388. The molecule has 0 amide bonds. The average molecular weight is 233 g/mol. The van der Waals surface area contributed by atoms with Gasteiger partial charge in [0, 0.05) is 25.1 Å². The first-order valence-electron chi connectivity index (χ1n) is 7.16. The van der Waals surface area contributed by atoms with Gasteiger partial charge in [0.05, 0.1) is 5.69 Å². The van der Waals surface area contributed by atoms with Crippen molar-refractivity contribution in [2.75, 3.05) is 11.9 Å². The number of nitrogens with zero attached hydrogens (tertiary/aromatic N) is 2. The molecule has 1 N–H and O–H groups in total. The van der Waals surface area contributed by atoms with E-state index in [0.717, 1.165) is 12.5 Å². The van der Waals surface area contributed by atoms with Gasteiger partial charge in [-0.15, -0.1) is 0 Å². The van der Waals surface area contributed by atoms with Crippen molar-refractivity contribution in [1.29, 1.82) is 0 Å². The third kappa shape index (κ3) is 2.07. The van der Waals surface area contributed by atoms with Crippen LogP contribution in [0.1, 0.15) is 62.1 Å². The second-order valence-corrected chi connectivity index (χ2v) is 5.55. The Hall–Kier alpha value is -0.990. The molecule has 0 saturated heterocycles. The summed E-state index contributed by atoms with van der Waals surface area (Å²) < 4.78 is 2.07. The number of rotatable bonds is 1. The lowest BCUT2D eigenvalue weighted by molar-refractivity contribution is 0.431. The maximum absolute atomic E-state index is 4.81. The molecule has 2 aliphatic rings. The summed E-state index contributed by atoms with van der Waals surface area (Å²) in [5, 5.41) is 8.37. The Morgan fingerprint density at radius 2 is 1.94 bits per heavy atom. The molecule has 0 radical (unpaired) electrons. The van der Waals surface area contributed by atoms with E-state index in [2.05, 4.69) is 17.0 Å². The quantitative estimate of drug-likeness (QED) is 0.807. The van der Waals surface area contributed by atoms with E-state index in [9.17, 15) is 0 Å². The van der Waals surface area contributed by atoms with Gasteiger partial charge in [-0.05, 0) is 32.1 Å². The first kappa shape index (κ1) is 11.1. The SMILES string of the molecule is Cn1nc(C2CCCCC2)c2c1NCCCC2. The van der Waals surface area contributed by atoms with Crippen LogP contribution in [0.4, 0.5) is 5.82 Å². The topological polar surface area (TPSA) is 29.9 Å². The molecule has 0 atom stereocenters. The highest BCUT2D eigenvalue weighted by atomic mass is 15.3. The van der Waals surface area contributed by atoms with Gasteiger partial charge in [0.15, 0.2) is 0 Å². The molecule has 3 rings (SSSR count). The summed E-state index contributed by atoms with van der Waals surface area (Å²) in [5.41, 5.74) is 2.94. The fourth-order valence-electron chi connectivity index (χ4n) is 3.39. The molecule has 94 valence electrons. The molecule has 17 heavy (non-hydrogen) atoms. The summed E-state index contributed by atoms with van der Waals surface area (Å²) in [6, 6.07) is 0. The van der Waals surface area contributed by atoms with Crippen molar-refractivity contribution in [3.8, 4) is 0 Å². The van der Waals surface area contributed by atoms with E-state index in [1.54, 1.807) is 0 Å². The molecule has 1 aliphatic heterocycles. The Kier molecular flexibility index (Phi) is 3.08. The largest absolute Gasteiger partial charge is 0.370 e. The third-order valence-electron chi connectivity index (χ3n) is 4.31. The van der Waals surface area contributed by atoms with Gasteiger partial charge in [-0.25, -0.2) is 0 Å². The van der Waals surface area contributed by atoms with Gasteiger partial charge >= 0.3 is 0 Å². The molecular weight excluding hydrogens is 210 g/mol. The highest BCUT2D eigenvalue weighted by molar-refractivity contribution is 5.49. The van der Waals surface area contributed by atoms with Gasteiger partial charge in [-0.1, -0.05) is 19.3 Å². The van der Waals surface area contributed by atoms with Crippen LogP contribution in [0.2, 0.25) is 0 Å². The molecule has 1 aromatic rings. The first-order valence-corrected chi connectivity index (χ1v) is 7.16. The van der Waals surface area contributed by atoms with Crippen molar-refractivity contribution in [3.63, 3.8) is 0 Å². The molecule has 1 saturated carbocycles. The van der Waals surface area contributed by atoms with Crippen molar-refractivity contribution < 1.29 is 0 Å². The summed E-state index contributed by atoms with van der Waals surface area (Å²) in [6.07, 6.45) is 10.7. The lowest BCUT2D eigenvalue weighted by atomic mass is 9.85. The smallest absolute Gasteiger partial charge is 0.127 e. The number of nitrogens with one attached hydrogen (secondary N) is 1. The predicted molar refractivity (Wildman–Crippen MR) is 70.5 cm³/mol. The van der Waals surface area contributed by atoms with Gasteiger partial charge in [0.1, 0.15) is 5.82 Å². The second kappa shape index (κ2) is 4.71. The summed E-state index contributed by atoms with van der Waals surface area (Å²) in [7, 11) is 2.09. The van der Waals surface area contributed by atoms with E-state index in [1.807, 2.05) is 0 Å². The van der Waals surface area contributed by atoms with Crippen LogP contribution in [0, 0.1) is 0 Å². The number of aromatic nitrogens is 2. The fourth-order valence-corrected chi connectivity index (χ4v) is 3.39. The highest BCUT2D eigenvalue weighted by Gasteiger charge is 2.25. The minimum atomic E-state index is 0.735. The summed E-state index contributed by atoms with van der Waals surface area (Å²) >= 11 is 0. The van der Waals surface area contributed by atoms with Crippen molar-refractivity contribution in [2.45, 2.75) is 57.3 Å². The maximum Gasteiger partial charge on any atom is 0.127 e. The molecule has 1 fully saturated rings. The van der Waals surface area contributed by atoms with Gasteiger partial charge in [-0.3, -0.25) is 4.68 Å². The first-order chi connectivity index (χ1) is 8.36. The van der Waals surface area contributed by atoms with Crippen molar-refractivity contribution in [1.82, 2.24) is 9.78 Å². The lowest BCUT2D eigenvalue weighted by Gasteiger charge is -2.20. The van der Waals surface area contributed by atoms with Crippen LogP contribution in [-0.2, 0) is 13.5 Å². The van der Waals surface area contributed by atoms with E-state index < -0.39 is 0 Å². The van der Waals surface area contributed by atoms with E-state index in [4.69, 9.17) is 5.10 Å². The summed E-state index contributed by atoms with van der Waals surface area (Å²) in [5.74, 6) is 2.03. The molecule has 0 unspecified atom stereocenters. The maximum atomic E-state index is 4.81. The zero-order chi connectivity index (χ0) is 11.7. The van der Waals surface area contributed by atoms with Crippen molar-refractivity contribution in [3.05, 3.63) is 11.3 Å². The van der Waals surface area contributed by atoms with Crippen LogP contribution in [-0.4, -0.2) is 16.3 Å². The number of anilines is 1. The van der Waals surface area contributed by atoms with Crippen LogP contribution in [0.5, 0.6) is 0 Å². The molecular formula is C14H23N3. The molecule has 0 aromatic carbocycles. The van der Waals surface area contributed by atoms with Gasteiger partial charge in [-0.2, -0.15) is 5.10 Å². The molecule has 2 heterocycles. The Morgan fingerprint density at radius 3 is 2.76 bits per heavy atom. The van der Waals surface area contributed by atoms with E-state index in [-0.39, 0.29) is 0 Å². The van der Waals surface area contributed by atoms with E-state index in [1.165, 1.54) is 68.4 Å². The third-order valence-corrected chi connectivity index (χ3v) is 4.31. The van der Waals surface area contributed by atoms with Gasteiger partial charge in [0.25, 0.3) is 0 Å². The zero-order valence-corrected chi connectivity index (χ0v) is 10.8. The highest BCUT2D eigenvalue weighted by Crippen LogP contribution is 2.37. The number of fused-ring (bicyclic) bond motifs is 1. The zero-order valence-electron chi connectivity index (χ0n) is 10.8. The Morgan fingerprint density at radius 1 is 1.12 bits per heavy atom. The molecule has 0 bridgehead atoms. The van der Waals surface area contributed by atoms with Crippen molar-refractivity contribution >= 4 is 5.82 Å². The standard InChI is InChI=1S/C14H23N3/c1-17-14-12(9-5-6-10-15-14)13(16-17)11-7-3-2-4-8-11/h11,15H,2-10H2,1H3. The van der Waals surface area contributed by atoms with Crippen molar-refractivity contribution in [2.24, 2.45) is 7.05 Å². The summed E-state index contributed by atoms with van der Waals surface area (Å²) in [6.45, 7) is 1.11. The lowest BCUT2D eigenvalue weighted by Crippen LogP contribution is -2.07. The monoisotopic (exact) mass is 233 g/mol. The number of hydrogen-bond donors (Lipinski definition) is 1. The van der Waals surface area contributed by atoms with E-state index in [0.29, 0.717) is 0 Å². The average Bonchev–Trinajstić information content (AvgIpc) is 2.57. The Labute approximate surface area is 104 Å². The molecule has 1 aliphatic carbocycles.